The Kier molecular flexibility index (Phi) is 3.10. The molecular formula is C10H16N4O2S. The number of hydrogen-bond acceptors (Lipinski definition) is 6. The van der Waals surface area contributed by atoms with Gasteiger partial charge in [0.15, 0.2) is 9.84 Å². The lowest BCUT2D eigenvalue weighted by Gasteiger charge is -2.11. The summed E-state index contributed by atoms with van der Waals surface area (Å²) < 4.78 is 23.2. The molecule has 0 spiro atoms. The van der Waals surface area contributed by atoms with Crippen LogP contribution in [-0.4, -0.2) is 30.9 Å². The third-order valence-corrected chi connectivity index (χ3v) is 5.21. The molecule has 94 valence electrons. The van der Waals surface area contributed by atoms with Crippen molar-refractivity contribution in [2.45, 2.75) is 18.1 Å². The number of nitrogens with zero attached hydrogens (tertiary/aromatic N) is 1. The van der Waals surface area contributed by atoms with Crippen LogP contribution in [-0.2, 0) is 9.84 Å². The van der Waals surface area contributed by atoms with Gasteiger partial charge in [-0.2, -0.15) is 0 Å². The number of aromatic nitrogens is 1. The lowest BCUT2D eigenvalue weighted by molar-refractivity contribution is 0.591. The first-order valence-corrected chi connectivity index (χ1v) is 7.18. The number of rotatable bonds is 3. The SMILES string of the molecule is Nc1ccc(NCC2CCCS2(=O)=O)nc1N. The van der Waals surface area contributed by atoms with Crippen molar-refractivity contribution >= 4 is 27.2 Å². The van der Waals surface area contributed by atoms with Crippen LogP contribution < -0.4 is 16.8 Å². The molecule has 17 heavy (non-hydrogen) atoms. The second kappa shape index (κ2) is 4.40. The van der Waals surface area contributed by atoms with Gasteiger partial charge >= 0.3 is 0 Å². The fourth-order valence-corrected chi connectivity index (χ4v) is 3.66. The van der Waals surface area contributed by atoms with E-state index < -0.39 is 9.84 Å². The Hall–Kier alpha value is -1.50. The van der Waals surface area contributed by atoms with Crippen LogP contribution in [0, 0.1) is 0 Å². The van der Waals surface area contributed by atoms with Crippen molar-refractivity contribution in [1.29, 1.82) is 0 Å². The maximum Gasteiger partial charge on any atom is 0.154 e. The topological polar surface area (TPSA) is 111 Å². The fraction of sp³-hybridized carbons (Fsp3) is 0.500. The molecule has 2 heterocycles. The number of nitrogens with two attached hydrogens (primary N) is 2. The van der Waals surface area contributed by atoms with Gasteiger partial charge in [-0.1, -0.05) is 0 Å². The zero-order valence-corrected chi connectivity index (χ0v) is 10.2. The molecule has 1 unspecified atom stereocenters. The summed E-state index contributed by atoms with van der Waals surface area (Å²) in [6, 6.07) is 3.33. The first-order valence-electron chi connectivity index (χ1n) is 5.46. The van der Waals surface area contributed by atoms with Crippen molar-refractivity contribution in [1.82, 2.24) is 4.98 Å². The zero-order chi connectivity index (χ0) is 12.5. The molecule has 0 amide bonds. The minimum Gasteiger partial charge on any atom is -0.396 e. The molecule has 1 aromatic rings. The van der Waals surface area contributed by atoms with Gasteiger partial charge in [0.25, 0.3) is 0 Å². The van der Waals surface area contributed by atoms with Gasteiger partial charge < -0.3 is 16.8 Å². The average Bonchev–Trinajstić information content (AvgIpc) is 2.60. The number of pyridine rings is 1. The maximum absolute atomic E-state index is 11.6. The highest BCUT2D eigenvalue weighted by molar-refractivity contribution is 7.92. The van der Waals surface area contributed by atoms with Gasteiger partial charge in [0, 0.05) is 6.54 Å². The van der Waals surface area contributed by atoms with Crippen LogP contribution in [0.15, 0.2) is 12.1 Å². The van der Waals surface area contributed by atoms with E-state index in [4.69, 9.17) is 11.5 Å². The minimum atomic E-state index is -2.92. The molecule has 0 bridgehead atoms. The smallest absolute Gasteiger partial charge is 0.154 e. The molecule has 5 N–H and O–H groups in total. The van der Waals surface area contributed by atoms with E-state index in [1.807, 2.05) is 0 Å². The normalized spacial score (nSPS) is 22.5. The third kappa shape index (κ3) is 2.60. The molecule has 6 nitrogen and oxygen atoms in total. The summed E-state index contributed by atoms with van der Waals surface area (Å²) in [5, 5.41) is 2.67. The molecule has 1 fully saturated rings. The van der Waals surface area contributed by atoms with E-state index in [1.54, 1.807) is 12.1 Å². The molecule has 1 saturated heterocycles. The predicted molar refractivity (Wildman–Crippen MR) is 68.4 cm³/mol. The van der Waals surface area contributed by atoms with Gasteiger partial charge in [-0.25, -0.2) is 13.4 Å². The summed E-state index contributed by atoms with van der Waals surface area (Å²) in [4.78, 5) is 4.03. The maximum atomic E-state index is 11.6. The van der Waals surface area contributed by atoms with Gasteiger partial charge in [-0.3, -0.25) is 0 Å². The Morgan fingerprint density at radius 3 is 2.76 bits per heavy atom. The van der Waals surface area contributed by atoms with E-state index >= 15 is 0 Å². The highest BCUT2D eigenvalue weighted by Gasteiger charge is 2.30. The van der Waals surface area contributed by atoms with Crippen molar-refractivity contribution in [3.05, 3.63) is 12.1 Å². The lowest BCUT2D eigenvalue weighted by atomic mass is 10.2. The Bertz CT molecular complexity index is 515. The van der Waals surface area contributed by atoms with E-state index in [0.29, 0.717) is 24.5 Å². The standard InChI is InChI=1S/C10H16N4O2S/c11-8-3-4-9(14-10(8)12)13-6-7-2-1-5-17(7,15)16/h3-4,7H,1-2,5-6,11H2,(H3,12,13,14). The predicted octanol–water partition coefficient (Wildman–Crippen LogP) is 0.235. The minimum absolute atomic E-state index is 0.254. The van der Waals surface area contributed by atoms with Crippen molar-refractivity contribution in [3.8, 4) is 0 Å². The summed E-state index contributed by atoms with van der Waals surface area (Å²) in [5.74, 6) is 1.10. The Labute approximate surface area is 100 Å². The van der Waals surface area contributed by atoms with E-state index in [0.717, 1.165) is 6.42 Å². The van der Waals surface area contributed by atoms with Gasteiger partial charge in [0.1, 0.15) is 11.6 Å². The van der Waals surface area contributed by atoms with Gasteiger partial charge in [-0.05, 0) is 25.0 Å². The fourth-order valence-electron chi connectivity index (χ4n) is 1.89. The number of nitrogen functional groups attached to an aromatic ring is 2. The van der Waals surface area contributed by atoms with Crippen LogP contribution in [0.5, 0.6) is 0 Å². The van der Waals surface area contributed by atoms with Crippen LogP contribution in [0.1, 0.15) is 12.8 Å². The Balaban J connectivity index is 2.00. The molecule has 7 heteroatoms. The molecule has 2 rings (SSSR count). The summed E-state index contributed by atoms with van der Waals surface area (Å²) in [5.41, 5.74) is 11.5. The van der Waals surface area contributed by atoms with Crippen LogP contribution in [0.4, 0.5) is 17.3 Å². The van der Waals surface area contributed by atoms with Gasteiger partial charge in [-0.15, -0.1) is 0 Å². The van der Waals surface area contributed by atoms with Crippen LogP contribution in [0.3, 0.4) is 0 Å². The summed E-state index contributed by atoms with van der Waals surface area (Å²) in [7, 11) is -2.92. The quantitative estimate of drug-likeness (QED) is 0.714. The lowest BCUT2D eigenvalue weighted by Crippen LogP contribution is -2.25. The number of sulfone groups is 1. The van der Waals surface area contributed by atoms with Crippen molar-refractivity contribution in [3.63, 3.8) is 0 Å². The second-order valence-electron chi connectivity index (χ2n) is 4.18. The van der Waals surface area contributed by atoms with E-state index in [2.05, 4.69) is 10.3 Å². The van der Waals surface area contributed by atoms with E-state index in [-0.39, 0.29) is 16.8 Å². The largest absolute Gasteiger partial charge is 0.396 e. The molecule has 1 aliphatic rings. The molecule has 0 radical (unpaired) electrons. The average molecular weight is 256 g/mol. The van der Waals surface area contributed by atoms with Crippen LogP contribution in [0.2, 0.25) is 0 Å². The van der Waals surface area contributed by atoms with Crippen LogP contribution in [0.25, 0.3) is 0 Å². The first kappa shape index (κ1) is 12.0. The van der Waals surface area contributed by atoms with Crippen LogP contribution >= 0.6 is 0 Å². The van der Waals surface area contributed by atoms with E-state index in [9.17, 15) is 8.42 Å². The summed E-state index contributed by atoms with van der Waals surface area (Å²) in [6.07, 6.45) is 1.45. The monoisotopic (exact) mass is 256 g/mol. The molecule has 1 atom stereocenters. The summed E-state index contributed by atoms with van der Waals surface area (Å²) in [6.45, 7) is 0.374. The third-order valence-electron chi connectivity index (χ3n) is 2.93. The Morgan fingerprint density at radius 2 is 2.18 bits per heavy atom. The molecule has 1 aliphatic heterocycles. The van der Waals surface area contributed by atoms with Crippen molar-refractivity contribution in [2.75, 3.05) is 29.1 Å². The van der Waals surface area contributed by atoms with Gasteiger partial charge in [0.2, 0.25) is 0 Å². The molecule has 0 aliphatic carbocycles. The number of anilines is 3. The highest BCUT2D eigenvalue weighted by atomic mass is 32.2. The second-order valence-corrected chi connectivity index (χ2v) is 6.58. The van der Waals surface area contributed by atoms with Crippen molar-refractivity contribution in [2.24, 2.45) is 0 Å². The Morgan fingerprint density at radius 1 is 1.41 bits per heavy atom. The van der Waals surface area contributed by atoms with Gasteiger partial charge in [0.05, 0.1) is 16.7 Å². The highest BCUT2D eigenvalue weighted by Crippen LogP contribution is 2.21. The summed E-state index contributed by atoms with van der Waals surface area (Å²) >= 11 is 0. The molecule has 0 saturated carbocycles. The number of nitrogens with one attached hydrogen (secondary N) is 1. The molecule has 1 aromatic heterocycles. The van der Waals surface area contributed by atoms with Crippen molar-refractivity contribution < 1.29 is 8.42 Å². The zero-order valence-electron chi connectivity index (χ0n) is 9.39. The molecular weight excluding hydrogens is 240 g/mol. The van der Waals surface area contributed by atoms with E-state index in [1.165, 1.54) is 0 Å². The molecule has 0 aromatic carbocycles. The first-order chi connectivity index (χ1) is 7.99. The number of hydrogen-bond donors (Lipinski definition) is 3.